The minimum atomic E-state index is -0.413. The van der Waals surface area contributed by atoms with Crippen molar-refractivity contribution in [2.45, 2.75) is 32.6 Å². The lowest BCUT2D eigenvalue weighted by Crippen LogP contribution is -2.17. The van der Waals surface area contributed by atoms with Gasteiger partial charge in [-0.1, -0.05) is 61.3 Å². The van der Waals surface area contributed by atoms with Gasteiger partial charge >= 0.3 is 5.97 Å². The highest BCUT2D eigenvalue weighted by atomic mass is 35.5. The second-order valence-corrected chi connectivity index (χ2v) is 10.2. The third-order valence-corrected chi connectivity index (χ3v) is 8.17. The van der Waals surface area contributed by atoms with Crippen LogP contribution in [0.5, 0.6) is 0 Å². The Labute approximate surface area is 213 Å². The van der Waals surface area contributed by atoms with E-state index in [1.807, 2.05) is 42.5 Å². The van der Waals surface area contributed by atoms with E-state index < -0.39 is 5.97 Å². The highest BCUT2D eigenvalue weighted by Gasteiger charge is 2.30. The fourth-order valence-electron chi connectivity index (χ4n) is 4.75. The molecule has 1 aliphatic carbocycles. The number of ether oxygens (including phenoxy) is 1. The summed E-state index contributed by atoms with van der Waals surface area (Å²) in [5, 5.41) is 4.87. The molecule has 0 bridgehead atoms. The van der Waals surface area contributed by atoms with Crippen molar-refractivity contribution in [3.63, 3.8) is 0 Å². The average molecular weight is 505 g/mol. The summed E-state index contributed by atoms with van der Waals surface area (Å²) < 4.78 is 5.09. The van der Waals surface area contributed by atoms with E-state index in [-0.39, 0.29) is 5.91 Å². The molecule has 2 aromatic heterocycles. The molecule has 7 heteroatoms. The normalized spacial score (nSPS) is 15.0. The predicted octanol–water partition coefficient (Wildman–Crippen LogP) is 7.17. The number of rotatable bonds is 5. The van der Waals surface area contributed by atoms with Gasteiger partial charge < -0.3 is 10.1 Å². The number of nitrogens with zero attached hydrogens (tertiary/aromatic N) is 1. The first-order valence-electron chi connectivity index (χ1n) is 11.7. The van der Waals surface area contributed by atoms with Crippen molar-refractivity contribution in [2.75, 3.05) is 12.4 Å². The number of thiophene rings is 1. The molecular weight excluding hydrogens is 480 g/mol. The van der Waals surface area contributed by atoms with E-state index in [1.165, 1.54) is 18.4 Å². The van der Waals surface area contributed by atoms with Gasteiger partial charge in [-0.2, -0.15) is 0 Å². The van der Waals surface area contributed by atoms with E-state index in [0.717, 1.165) is 47.1 Å². The van der Waals surface area contributed by atoms with Crippen LogP contribution in [0, 0.1) is 5.92 Å². The molecule has 0 unspecified atom stereocenters. The van der Waals surface area contributed by atoms with Crippen molar-refractivity contribution in [3.8, 4) is 11.3 Å². The zero-order chi connectivity index (χ0) is 24.5. The van der Waals surface area contributed by atoms with Crippen LogP contribution in [0.3, 0.4) is 0 Å². The van der Waals surface area contributed by atoms with Gasteiger partial charge in [0.1, 0.15) is 5.00 Å². The van der Waals surface area contributed by atoms with Gasteiger partial charge in [-0.25, -0.2) is 9.78 Å². The third kappa shape index (κ3) is 4.44. The molecule has 5 rings (SSSR count). The summed E-state index contributed by atoms with van der Waals surface area (Å²) in [4.78, 5) is 32.3. The zero-order valence-corrected chi connectivity index (χ0v) is 21.1. The second kappa shape index (κ2) is 9.80. The number of hydrogen-bond donors (Lipinski definition) is 1. The van der Waals surface area contributed by atoms with Crippen LogP contribution in [-0.2, 0) is 17.6 Å². The number of carbonyl (C=O) groups excluding carboxylic acids is 2. The van der Waals surface area contributed by atoms with Crippen LogP contribution in [0.1, 0.15) is 50.9 Å². The summed E-state index contributed by atoms with van der Waals surface area (Å²) >= 11 is 7.92. The molecule has 0 fully saturated rings. The molecule has 0 radical (unpaired) electrons. The number of benzene rings is 2. The Bertz CT molecular complexity index is 1450. The number of para-hydroxylation sites is 1. The number of nitrogens with one attached hydrogen (secondary N) is 1. The number of esters is 1. The lowest BCUT2D eigenvalue weighted by Gasteiger charge is -2.20. The van der Waals surface area contributed by atoms with Crippen molar-refractivity contribution < 1.29 is 14.3 Å². The number of fused-ring (bicyclic) bond motifs is 2. The first-order valence-corrected chi connectivity index (χ1v) is 12.9. The Kier molecular flexibility index (Phi) is 6.58. The fraction of sp³-hybridized carbons (Fsp3) is 0.250. The molecular formula is C28H25ClN2O3S. The number of anilines is 1. The first-order chi connectivity index (χ1) is 17.0. The third-order valence-electron chi connectivity index (χ3n) is 6.67. The average Bonchev–Trinajstić information content (AvgIpc) is 3.24. The summed E-state index contributed by atoms with van der Waals surface area (Å²) in [7, 11) is 1.38. The summed E-state index contributed by atoms with van der Waals surface area (Å²) in [6.45, 7) is 2.19. The van der Waals surface area contributed by atoms with Crippen molar-refractivity contribution in [1.29, 1.82) is 0 Å². The molecule has 35 heavy (non-hydrogen) atoms. The molecule has 5 nitrogen and oxygen atoms in total. The van der Waals surface area contributed by atoms with Crippen molar-refractivity contribution in [1.82, 2.24) is 4.98 Å². The number of aromatic nitrogens is 1. The minimum Gasteiger partial charge on any atom is -0.465 e. The lowest BCUT2D eigenvalue weighted by atomic mass is 9.85. The zero-order valence-electron chi connectivity index (χ0n) is 19.6. The lowest BCUT2D eigenvalue weighted by molar-refractivity contribution is 0.0601. The summed E-state index contributed by atoms with van der Waals surface area (Å²) in [5.41, 5.74) is 4.03. The van der Waals surface area contributed by atoms with Gasteiger partial charge in [0.15, 0.2) is 0 Å². The van der Waals surface area contributed by atoms with Gasteiger partial charge in [-0.3, -0.25) is 4.79 Å². The van der Waals surface area contributed by atoms with Crippen LogP contribution in [-0.4, -0.2) is 24.0 Å². The molecule has 1 N–H and O–H groups in total. The van der Waals surface area contributed by atoms with E-state index in [1.54, 1.807) is 12.1 Å². The molecule has 2 aromatic carbocycles. The monoisotopic (exact) mass is 504 g/mol. The van der Waals surface area contributed by atoms with Gasteiger partial charge in [0, 0.05) is 20.8 Å². The van der Waals surface area contributed by atoms with E-state index in [0.29, 0.717) is 38.3 Å². The standard InChI is InChI=1S/C28H25ClN2O3S/c1-3-16-12-13-19-24(14-16)35-27(25(19)28(33)34-2)31-26(32)20-15-23(18-9-4-6-10-21(18)29)30-22-11-7-5-8-17(20)22/h4-11,15-16H,3,12-14H2,1-2H3,(H,31,32)/t16-/m0/s1. The van der Waals surface area contributed by atoms with E-state index in [9.17, 15) is 9.59 Å². The number of amides is 1. The Morgan fingerprint density at radius 1 is 1.17 bits per heavy atom. The summed E-state index contributed by atoms with van der Waals surface area (Å²) in [5.74, 6) is -0.116. The molecule has 0 aliphatic heterocycles. The highest BCUT2D eigenvalue weighted by Crippen LogP contribution is 2.41. The van der Waals surface area contributed by atoms with Crippen molar-refractivity contribution in [3.05, 3.63) is 81.2 Å². The Hall–Kier alpha value is -3.22. The molecule has 4 aromatic rings. The van der Waals surface area contributed by atoms with Crippen LogP contribution < -0.4 is 5.32 Å². The molecule has 0 spiro atoms. The molecule has 1 amide bonds. The quantitative estimate of drug-likeness (QED) is 0.292. The van der Waals surface area contributed by atoms with Crippen LogP contribution in [0.4, 0.5) is 5.00 Å². The van der Waals surface area contributed by atoms with Crippen LogP contribution >= 0.6 is 22.9 Å². The first kappa shape index (κ1) is 23.5. The van der Waals surface area contributed by atoms with Gasteiger partial charge in [-0.15, -0.1) is 11.3 Å². The number of halogens is 1. The van der Waals surface area contributed by atoms with E-state index in [4.69, 9.17) is 21.3 Å². The van der Waals surface area contributed by atoms with Gasteiger partial charge in [0.2, 0.25) is 0 Å². The number of pyridine rings is 1. The number of carbonyl (C=O) groups is 2. The molecule has 0 saturated carbocycles. The Balaban J connectivity index is 1.59. The molecule has 1 atom stereocenters. The summed E-state index contributed by atoms with van der Waals surface area (Å²) in [6.07, 6.45) is 3.87. The van der Waals surface area contributed by atoms with Gasteiger partial charge in [0.25, 0.3) is 5.91 Å². The van der Waals surface area contributed by atoms with Gasteiger partial charge in [0.05, 0.1) is 29.4 Å². The smallest absolute Gasteiger partial charge is 0.341 e. The fourth-order valence-corrected chi connectivity index (χ4v) is 6.33. The largest absolute Gasteiger partial charge is 0.465 e. The van der Waals surface area contributed by atoms with Gasteiger partial charge in [-0.05, 0) is 48.9 Å². The van der Waals surface area contributed by atoms with Crippen molar-refractivity contribution in [2.24, 2.45) is 5.92 Å². The molecule has 1 aliphatic rings. The maximum absolute atomic E-state index is 13.7. The van der Waals surface area contributed by atoms with E-state index >= 15 is 0 Å². The predicted molar refractivity (Wildman–Crippen MR) is 142 cm³/mol. The van der Waals surface area contributed by atoms with E-state index in [2.05, 4.69) is 12.2 Å². The maximum Gasteiger partial charge on any atom is 0.341 e. The second-order valence-electron chi connectivity index (χ2n) is 8.72. The summed E-state index contributed by atoms with van der Waals surface area (Å²) in [6, 6.07) is 16.7. The highest BCUT2D eigenvalue weighted by molar-refractivity contribution is 7.17. The molecule has 0 saturated heterocycles. The minimum absolute atomic E-state index is 0.298. The number of methoxy groups -OCH3 is 1. The Morgan fingerprint density at radius 3 is 2.71 bits per heavy atom. The topological polar surface area (TPSA) is 68.3 Å². The molecule has 178 valence electrons. The van der Waals surface area contributed by atoms with Crippen LogP contribution in [0.25, 0.3) is 22.2 Å². The van der Waals surface area contributed by atoms with Crippen LogP contribution in [0.15, 0.2) is 54.6 Å². The number of hydrogen-bond acceptors (Lipinski definition) is 5. The Morgan fingerprint density at radius 2 is 1.94 bits per heavy atom. The van der Waals surface area contributed by atoms with Crippen LogP contribution in [0.2, 0.25) is 5.02 Å². The maximum atomic E-state index is 13.7. The molecule has 2 heterocycles. The van der Waals surface area contributed by atoms with Crippen molar-refractivity contribution >= 4 is 50.7 Å². The SMILES string of the molecule is CC[C@H]1CCc2c(sc(NC(=O)c3cc(-c4ccccc4Cl)nc4ccccc34)c2C(=O)OC)C1.